The van der Waals surface area contributed by atoms with Crippen LogP contribution >= 0.6 is 15.9 Å². The maximum Gasteiger partial charge on any atom is 0.145 e. The van der Waals surface area contributed by atoms with Crippen molar-refractivity contribution in [3.8, 4) is 0 Å². The molecule has 1 fully saturated rings. The van der Waals surface area contributed by atoms with Crippen LogP contribution in [0.1, 0.15) is 26.7 Å². The zero-order valence-corrected chi connectivity index (χ0v) is 13.9. The smallest absolute Gasteiger partial charge is 0.145 e. The first-order valence-electron chi connectivity index (χ1n) is 7.45. The number of nitrogens with one attached hydrogen (secondary N) is 2. The van der Waals surface area contributed by atoms with Gasteiger partial charge in [0, 0.05) is 13.1 Å². The molecule has 5 nitrogen and oxygen atoms in total. The molecule has 1 aliphatic heterocycles. The fraction of sp³-hybridized carbons (Fsp3) is 0.714. The SMILES string of the molecule is CCNc1ncnc(NCC2CCN(CC)CC2)c1Br. The van der Waals surface area contributed by atoms with Crippen LogP contribution in [0, 0.1) is 5.92 Å². The highest BCUT2D eigenvalue weighted by atomic mass is 79.9. The molecule has 6 heteroatoms. The first kappa shape index (κ1) is 15.5. The summed E-state index contributed by atoms with van der Waals surface area (Å²) in [6.07, 6.45) is 4.14. The molecule has 20 heavy (non-hydrogen) atoms. The third-order valence-electron chi connectivity index (χ3n) is 3.85. The van der Waals surface area contributed by atoms with Crippen molar-refractivity contribution in [3.05, 3.63) is 10.8 Å². The van der Waals surface area contributed by atoms with Crippen LogP contribution in [-0.4, -0.2) is 47.6 Å². The molecule has 1 saturated heterocycles. The number of hydrogen-bond donors (Lipinski definition) is 2. The lowest BCUT2D eigenvalue weighted by Gasteiger charge is -2.31. The molecule has 0 bridgehead atoms. The third-order valence-corrected chi connectivity index (χ3v) is 4.60. The molecule has 0 atom stereocenters. The number of rotatable bonds is 6. The van der Waals surface area contributed by atoms with Crippen molar-refractivity contribution < 1.29 is 0 Å². The monoisotopic (exact) mass is 341 g/mol. The predicted molar refractivity (Wildman–Crippen MR) is 87.2 cm³/mol. The summed E-state index contributed by atoms with van der Waals surface area (Å²) < 4.78 is 0.924. The average Bonchev–Trinajstić information content (AvgIpc) is 2.49. The number of aromatic nitrogens is 2. The fourth-order valence-corrected chi connectivity index (χ4v) is 3.02. The van der Waals surface area contributed by atoms with Gasteiger partial charge in [-0.05, 0) is 61.2 Å². The quantitative estimate of drug-likeness (QED) is 0.833. The molecule has 1 aromatic rings. The number of piperidine rings is 1. The van der Waals surface area contributed by atoms with Gasteiger partial charge < -0.3 is 15.5 Å². The van der Waals surface area contributed by atoms with Gasteiger partial charge in [-0.1, -0.05) is 6.92 Å². The summed E-state index contributed by atoms with van der Waals surface area (Å²) in [5.41, 5.74) is 0. The van der Waals surface area contributed by atoms with E-state index in [9.17, 15) is 0 Å². The van der Waals surface area contributed by atoms with Gasteiger partial charge in [-0.15, -0.1) is 0 Å². The molecule has 0 unspecified atom stereocenters. The highest BCUT2D eigenvalue weighted by Crippen LogP contribution is 2.27. The summed E-state index contributed by atoms with van der Waals surface area (Å²) in [7, 11) is 0. The highest BCUT2D eigenvalue weighted by Gasteiger charge is 2.18. The molecule has 2 heterocycles. The van der Waals surface area contributed by atoms with Crippen molar-refractivity contribution in [1.82, 2.24) is 14.9 Å². The normalized spacial score (nSPS) is 17.1. The van der Waals surface area contributed by atoms with E-state index in [0.29, 0.717) is 0 Å². The van der Waals surface area contributed by atoms with Crippen molar-refractivity contribution in [2.24, 2.45) is 5.92 Å². The number of likely N-dealkylation sites (tertiary alicyclic amines) is 1. The van der Waals surface area contributed by atoms with Crippen LogP contribution in [0.25, 0.3) is 0 Å². The maximum absolute atomic E-state index is 4.32. The summed E-state index contributed by atoms with van der Waals surface area (Å²) in [5, 5.41) is 6.68. The van der Waals surface area contributed by atoms with E-state index in [4.69, 9.17) is 0 Å². The zero-order chi connectivity index (χ0) is 14.4. The van der Waals surface area contributed by atoms with Gasteiger partial charge in [0.1, 0.15) is 22.4 Å². The molecule has 1 aliphatic rings. The molecule has 0 aliphatic carbocycles. The molecule has 0 amide bonds. The Labute approximate surface area is 129 Å². The van der Waals surface area contributed by atoms with Gasteiger partial charge in [0.2, 0.25) is 0 Å². The first-order chi connectivity index (χ1) is 9.74. The minimum atomic E-state index is 0.738. The Morgan fingerprint density at radius 1 is 1.20 bits per heavy atom. The zero-order valence-electron chi connectivity index (χ0n) is 12.3. The third kappa shape index (κ3) is 4.06. The molecule has 0 saturated carbocycles. The Kier molecular flexibility index (Phi) is 6.04. The van der Waals surface area contributed by atoms with Crippen LogP contribution in [0.15, 0.2) is 10.8 Å². The molecule has 112 valence electrons. The van der Waals surface area contributed by atoms with Crippen molar-refractivity contribution in [2.75, 3.05) is 43.4 Å². The Hall–Kier alpha value is -0.880. The van der Waals surface area contributed by atoms with Gasteiger partial charge in [0.05, 0.1) is 0 Å². The molecular weight excluding hydrogens is 318 g/mol. The van der Waals surface area contributed by atoms with Crippen LogP contribution in [0.2, 0.25) is 0 Å². The van der Waals surface area contributed by atoms with E-state index in [1.54, 1.807) is 6.33 Å². The standard InChI is InChI=1S/C14H24BrN5/c1-3-16-13-12(15)14(19-10-18-13)17-9-11-5-7-20(4-2)8-6-11/h10-11H,3-9H2,1-2H3,(H2,16,17,18,19). The Morgan fingerprint density at radius 3 is 2.45 bits per heavy atom. The average molecular weight is 342 g/mol. The highest BCUT2D eigenvalue weighted by molar-refractivity contribution is 9.10. The van der Waals surface area contributed by atoms with Crippen molar-refractivity contribution in [3.63, 3.8) is 0 Å². The number of halogens is 1. The van der Waals surface area contributed by atoms with Crippen LogP contribution in [0.3, 0.4) is 0 Å². The summed E-state index contributed by atoms with van der Waals surface area (Å²) in [6.45, 7) is 9.74. The Bertz CT molecular complexity index is 418. The second-order valence-corrected chi connectivity index (χ2v) is 5.97. The Morgan fingerprint density at radius 2 is 1.85 bits per heavy atom. The lowest BCUT2D eigenvalue weighted by atomic mass is 9.97. The van der Waals surface area contributed by atoms with Crippen molar-refractivity contribution in [1.29, 1.82) is 0 Å². The molecule has 1 aromatic heterocycles. The van der Waals surface area contributed by atoms with Gasteiger partial charge in [-0.3, -0.25) is 0 Å². The largest absolute Gasteiger partial charge is 0.369 e. The molecule has 0 aromatic carbocycles. The van der Waals surface area contributed by atoms with E-state index >= 15 is 0 Å². The van der Waals surface area contributed by atoms with Gasteiger partial charge >= 0.3 is 0 Å². The van der Waals surface area contributed by atoms with Gasteiger partial charge in [0.25, 0.3) is 0 Å². The summed E-state index contributed by atoms with van der Waals surface area (Å²) >= 11 is 3.57. The fourth-order valence-electron chi connectivity index (χ4n) is 2.53. The second-order valence-electron chi connectivity index (χ2n) is 5.17. The van der Waals surface area contributed by atoms with Gasteiger partial charge in [-0.25, -0.2) is 9.97 Å². The second kappa shape index (κ2) is 7.78. The van der Waals surface area contributed by atoms with E-state index in [1.807, 2.05) is 0 Å². The van der Waals surface area contributed by atoms with Gasteiger partial charge in [-0.2, -0.15) is 0 Å². The first-order valence-corrected chi connectivity index (χ1v) is 8.24. The number of anilines is 2. The van der Waals surface area contributed by atoms with E-state index in [2.05, 4.69) is 55.3 Å². The predicted octanol–water partition coefficient (Wildman–Crippen LogP) is 2.81. The van der Waals surface area contributed by atoms with E-state index in [0.717, 1.165) is 35.1 Å². The number of hydrogen-bond acceptors (Lipinski definition) is 5. The Balaban J connectivity index is 1.86. The van der Waals surface area contributed by atoms with Crippen molar-refractivity contribution in [2.45, 2.75) is 26.7 Å². The number of nitrogens with zero attached hydrogens (tertiary/aromatic N) is 3. The van der Waals surface area contributed by atoms with Crippen LogP contribution < -0.4 is 10.6 Å². The topological polar surface area (TPSA) is 53.1 Å². The summed E-state index contributed by atoms with van der Waals surface area (Å²) in [6, 6.07) is 0. The molecule has 2 N–H and O–H groups in total. The lowest BCUT2D eigenvalue weighted by Crippen LogP contribution is -2.35. The summed E-state index contributed by atoms with van der Waals surface area (Å²) in [5.74, 6) is 2.47. The maximum atomic E-state index is 4.32. The lowest BCUT2D eigenvalue weighted by molar-refractivity contribution is 0.198. The van der Waals surface area contributed by atoms with Gasteiger partial charge in [0.15, 0.2) is 0 Å². The van der Waals surface area contributed by atoms with E-state index in [-0.39, 0.29) is 0 Å². The van der Waals surface area contributed by atoms with Crippen LogP contribution in [-0.2, 0) is 0 Å². The van der Waals surface area contributed by atoms with E-state index in [1.165, 1.54) is 32.5 Å². The van der Waals surface area contributed by atoms with Crippen molar-refractivity contribution >= 4 is 27.6 Å². The molecule has 0 spiro atoms. The van der Waals surface area contributed by atoms with E-state index < -0.39 is 0 Å². The van der Waals surface area contributed by atoms with Crippen LogP contribution in [0.5, 0.6) is 0 Å². The van der Waals surface area contributed by atoms with Crippen LogP contribution in [0.4, 0.5) is 11.6 Å². The minimum Gasteiger partial charge on any atom is -0.369 e. The molecular formula is C14H24BrN5. The molecule has 0 radical (unpaired) electrons. The molecule has 2 rings (SSSR count). The minimum absolute atomic E-state index is 0.738. The summed E-state index contributed by atoms with van der Waals surface area (Å²) in [4.78, 5) is 11.1.